The molecule has 1 fully saturated rings. The third-order valence-electron chi connectivity index (χ3n) is 10.3. The number of aliphatic hydroxyl groups excluding tert-OH is 1. The van der Waals surface area contributed by atoms with E-state index in [0.29, 0.717) is 6.42 Å². The molecular formula is C43H71N3O2. The number of amides is 2. The van der Waals surface area contributed by atoms with Crippen LogP contribution in [0.25, 0.3) is 0 Å². The predicted octanol–water partition coefficient (Wildman–Crippen LogP) is 11.0. The molecule has 0 saturated carbocycles. The molecule has 0 aromatic heterocycles. The van der Waals surface area contributed by atoms with Crippen molar-refractivity contribution in [1.82, 2.24) is 14.7 Å². The second-order valence-electron chi connectivity index (χ2n) is 14.5. The Balaban J connectivity index is 1.42. The molecule has 0 aliphatic carbocycles. The first-order valence-electron chi connectivity index (χ1n) is 20.2. The van der Waals surface area contributed by atoms with Crippen LogP contribution >= 0.6 is 0 Å². The van der Waals surface area contributed by atoms with Gasteiger partial charge in [-0.15, -0.1) is 0 Å². The number of aliphatic hydroxyl groups is 1. The Morgan fingerprint density at radius 3 is 1.62 bits per heavy atom. The number of carbonyl (C=O) groups excluding carboxylic acids is 1. The van der Waals surface area contributed by atoms with E-state index in [0.717, 1.165) is 71.4 Å². The van der Waals surface area contributed by atoms with Crippen molar-refractivity contribution in [3.05, 3.63) is 71.8 Å². The van der Waals surface area contributed by atoms with Gasteiger partial charge in [0.2, 0.25) is 0 Å². The monoisotopic (exact) mass is 662 g/mol. The van der Waals surface area contributed by atoms with Crippen LogP contribution < -0.4 is 0 Å². The van der Waals surface area contributed by atoms with Gasteiger partial charge in [-0.2, -0.15) is 0 Å². The maximum Gasteiger partial charge on any atom is 0.320 e. The summed E-state index contributed by atoms with van der Waals surface area (Å²) in [5.41, 5.74) is 2.66. The van der Waals surface area contributed by atoms with Gasteiger partial charge in [0.05, 0.1) is 0 Å². The number of hydrogen-bond acceptors (Lipinski definition) is 3. The first kappa shape index (κ1) is 40.1. The van der Waals surface area contributed by atoms with Gasteiger partial charge in [-0.3, -0.25) is 4.90 Å². The third kappa shape index (κ3) is 17.3. The summed E-state index contributed by atoms with van der Waals surface area (Å²) in [6, 6.07) is 21.9. The average molecular weight is 662 g/mol. The maximum absolute atomic E-state index is 14.0. The first-order chi connectivity index (χ1) is 23.7. The van der Waals surface area contributed by atoms with E-state index in [2.05, 4.69) is 82.3 Å². The molecule has 2 aromatic carbocycles. The zero-order valence-corrected chi connectivity index (χ0v) is 30.8. The van der Waals surface area contributed by atoms with Gasteiger partial charge in [0.1, 0.15) is 0 Å². The van der Waals surface area contributed by atoms with Crippen molar-refractivity contribution in [2.75, 3.05) is 32.8 Å². The fourth-order valence-corrected chi connectivity index (χ4v) is 7.42. The molecular weight excluding hydrogens is 590 g/mol. The molecule has 1 saturated heterocycles. The number of nitrogens with zero attached hydrogens (tertiary/aromatic N) is 3. The Morgan fingerprint density at radius 2 is 1.12 bits per heavy atom. The quantitative estimate of drug-likeness (QED) is 0.0969. The van der Waals surface area contributed by atoms with Crippen molar-refractivity contribution in [2.24, 2.45) is 0 Å². The number of carbonyl (C=O) groups is 1. The lowest BCUT2D eigenvalue weighted by molar-refractivity contribution is 0.100. The number of likely N-dealkylation sites (tertiary alicyclic amines) is 1. The van der Waals surface area contributed by atoms with Gasteiger partial charge in [-0.05, 0) is 49.7 Å². The standard InChI is InChI=1S/C43H71N3O2/c1-2-3-4-5-6-7-8-9-10-11-12-13-14-15-16-24-34-45(43(48)46-36-25-23-31-42(46)32-37-47)35-26-33-44(38-40-27-19-17-20-28-40)39-41-29-21-18-22-30-41/h17-22,27-30,42,47H,2-16,23-26,31-39H2,1H3. The minimum Gasteiger partial charge on any atom is -0.396 e. The minimum atomic E-state index is 0.154. The number of urea groups is 1. The SMILES string of the molecule is CCCCCCCCCCCCCCCCCCN(CCCN(Cc1ccccc1)Cc1ccccc1)C(=O)N1CCCCC1CCO. The Morgan fingerprint density at radius 1 is 0.646 bits per heavy atom. The number of unbranched alkanes of at least 4 members (excludes halogenated alkanes) is 15. The molecule has 1 aliphatic rings. The Bertz CT molecular complexity index is 989. The second-order valence-corrected chi connectivity index (χ2v) is 14.5. The van der Waals surface area contributed by atoms with E-state index in [1.165, 1.54) is 107 Å². The number of hydrogen-bond donors (Lipinski definition) is 1. The highest BCUT2D eigenvalue weighted by molar-refractivity contribution is 5.75. The summed E-state index contributed by atoms with van der Waals surface area (Å²) in [7, 11) is 0. The maximum atomic E-state index is 14.0. The van der Waals surface area contributed by atoms with Gasteiger partial charge >= 0.3 is 6.03 Å². The van der Waals surface area contributed by atoms with Crippen molar-refractivity contribution in [3.8, 4) is 0 Å². The molecule has 0 radical (unpaired) electrons. The zero-order valence-electron chi connectivity index (χ0n) is 30.8. The Kier molecular flexibility index (Phi) is 22.1. The summed E-state index contributed by atoms with van der Waals surface area (Å²) in [6.07, 6.45) is 26.7. The fraction of sp³-hybridized carbons (Fsp3) is 0.698. The van der Waals surface area contributed by atoms with E-state index in [4.69, 9.17) is 0 Å². The molecule has 2 amide bonds. The van der Waals surface area contributed by atoms with Gasteiger partial charge in [-0.1, -0.05) is 164 Å². The summed E-state index contributed by atoms with van der Waals surface area (Å²) < 4.78 is 0. The predicted molar refractivity (Wildman–Crippen MR) is 204 cm³/mol. The lowest BCUT2D eigenvalue weighted by Gasteiger charge is -2.39. The molecule has 1 unspecified atom stereocenters. The van der Waals surface area contributed by atoms with Crippen LogP contribution in [0.5, 0.6) is 0 Å². The lowest BCUT2D eigenvalue weighted by Crippen LogP contribution is -2.51. The average Bonchev–Trinajstić information content (AvgIpc) is 3.11. The molecule has 0 bridgehead atoms. The van der Waals surface area contributed by atoms with Gasteiger partial charge in [0.25, 0.3) is 0 Å². The highest BCUT2D eigenvalue weighted by Crippen LogP contribution is 2.22. The molecule has 3 rings (SSSR count). The number of benzene rings is 2. The molecule has 48 heavy (non-hydrogen) atoms. The van der Waals surface area contributed by atoms with Crippen LogP contribution in [0.2, 0.25) is 0 Å². The number of piperidine rings is 1. The highest BCUT2D eigenvalue weighted by Gasteiger charge is 2.29. The van der Waals surface area contributed by atoms with Gasteiger partial charge < -0.3 is 14.9 Å². The molecule has 0 spiro atoms. The smallest absolute Gasteiger partial charge is 0.320 e. The van der Waals surface area contributed by atoms with Crippen LogP contribution in [0, 0.1) is 0 Å². The van der Waals surface area contributed by atoms with Gasteiger partial charge in [-0.25, -0.2) is 4.79 Å². The van der Waals surface area contributed by atoms with Crippen molar-refractivity contribution in [3.63, 3.8) is 0 Å². The molecule has 5 nitrogen and oxygen atoms in total. The van der Waals surface area contributed by atoms with Crippen molar-refractivity contribution >= 4 is 6.03 Å². The van der Waals surface area contributed by atoms with Crippen molar-refractivity contribution in [2.45, 2.75) is 161 Å². The third-order valence-corrected chi connectivity index (χ3v) is 10.3. The van der Waals surface area contributed by atoms with Crippen LogP contribution in [0.1, 0.15) is 153 Å². The van der Waals surface area contributed by atoms with Gasteiger partial charge in [0, 0.05) is 51.9 Å². The summed E-state index contributed by atoms with van der Waals surface area (Å²) >= 11 is 0. The largest absolute Gasteiger partial charge is 0.396 e. The van der Waals surface area contributed by atoms with Crippen LogP contribution in [0.15, 0.2) is 60.7 Å². The zero-order chi connectivity index (χ0) is 33.9. The molecule has 270 valence electrons. The summed E-state index contributed by atoms with van der Waals surface area (Å²) in [4.78, 5) is 20.8. The fourth-order valence-electron chi connectivity index (χ4n) is 7.42. The minimum absolute atomic E-state index is 0.154. The Labute approximate surface area is 295 Å². The molecule has 1 heterocycles. The van der Waals surface area contributed by atoms with E-state index in [1.54, 1.807) is 0 Å². The molecule has 1 N–H and O–H groups in total. The topological polar surface area (TPSA) is 47.0 Å². The van der Waals surface area contributed by atoms with Gasteiger partial charge in [0.15, 0.2) is 0 Å². The van der Waals surface area contributed by atoms with Crippen molar-refractivity contribution in [1.29, 1.82) is 0 Å². The summed E-state index contributed by atoms with van der Waals surface area (Å²) in [5.74, 6) is 0. The van der Waals surface area contributed by atoms with E-state index in [-0.39, 0.29) is 18.7 Å². The van der Waals surface area contributed by atoms with Crippen molar-refractivity contribution < 1.29 is 9.90 Å². The lowest BCUT2D eigenvalue weighted by atomic mass is 10.00. The summed E-state index contributed by atoms with van der Waals surface area (Å²) in [6.45, 7) is 7.68. The highest BCUT2D eigenvalue weighted by atomic mass is 16.3. The van der Waals surface area contributed by atoms with E-state index >= 15 is 0 Å². The van der Waals surface area contributed by atoms with Crippen LogP contribution in [-0.4, -0.2) is 64.7 Å². The molecule has 2 aromatic rings. The summed E-state index contributed by atoms with van der Waals surface area (Å²) in [5, 5.41) is 9.70. The first-order valence-corrected chi connectivity index (χ1v) is 20.2. The van der Waals surface area contributed by atoms with E-state index in [9.17, 15) is 9.90 Å². The van der Waals surface area contributed by atoms with E-state index in [1.807, 2.05) is 0 Å². The molecule has 5 heteroatoms. The van der Waals surface area contributed by atoms with Crippen LogP contribution in [0.4, 0.5) is 4.79 Å². The molecule has 1 atom stereocenters. The van der Waals surface area contributed by atoms with Crippen LogP contribution in [-0.2, 0) is 13.1 Å². The number of rotatable bonds is 27. The Hall–Kier alpha value is -2.37. The van der Waals surface area contributed by atoms with Crippen LogP contribution in [0.3, 0.4) is 0 Å². The normalized spacial score (nSPS) is 14.9. The molecule has 1 aliphatic heterocycles. The second kappa shape index (κ2) is 26.5. The van der Waals surface area contributed by atoms with E-state index < -0.39 is 0 Å².